The van der Waals surface area contributed by atoms with E-state index in [2.05, 4.69) is 41.5 Å². The van der Waals surface area contributed by atoms with Crippen LogP contribution in [0.1, 0.15) is 99.3 Å². The number of allylic oxidation sites excluding steroid dienone is 1. The lowest BCUT2D eigenvalue weighted by atomic mass is 9.46. The molecule has 0 bridgehead atoms. The smallest absolute Gasteiger partial charge is 0.159 e. The first kappa shape index (κ1) is 22.3. The van der Waals surface area contributed by atoms with Crippen LogP contribution in [-0.2, 0) is 9.59 Å². The minimum atomic E-state index is -0.0500. The second-order valence-corrected chi connectivity index (χ2v) is 12.5. The molecule has 2 nitrogen and oxygen atoms in total. The molecule has 0 radical (unpaired) electrons. The van der Waals surface area contributed by atoms with Gasteiger partial charge in [-0.25, -0.2) is 0 Å². The number of carbonyl (C=O) groups is 2. The summed E-state index contributed by atoms with van der Waals surface area (Å²) in [6.07, 6.45) is 11.9. The zero-order chi connectivity index (χ0) is 21.8. The van der Waals surface area contributed by atoms with Crippen molar-refractivity contribution in [2.45, 2.75) is 99.3 Å². The second kappa shape index (κ2) is 7.89. The highest BCUT2D eigenvalue weighted by molar-refractivity contribution is 6.05. The van der Waals surface area contributed by atoms with Gasteiger partial charge in [-0.1, -0.05) is 54.4 Å². The highest BCUT2D eigenvalue weighted by atomic mass is 16.1. The topological polar surface area (TPSA) is 34.1 Å². The lowest BCUT2D eigenvalue weighted by Crippen LogP contribution is -2.53. The first-order valence-corrected chi connectivity index (χ1v) is 12.9. The summed E-state index contributed by atoms with van der Waals surface area (Å²) in [7, 11) is 0. The molecule has 4 aliphatic rings. The minimum absolute atomic E-state index is 0.0500. The average Bonchev–Trinajstić information content (AvgIpc) is 3.04. The van der Waals surface area contributed by atoms with Crippen molar-refractivity contribution in [1.29, 1.82) is 0 Å². The first-order chi connectivity index (χ1) is 14.1. The van der Waals surface area contributed by atoms with E-state index in [9.17, 15) is 9.59 Å². The number of hydrogen-bond donors (Lipinski definition) is 0. The summed E-state index contributed by atoms with van der Waals surface area (Å²) < 4.78 is 0. The quantitative estimate of drug-likeness (QED) is 0.486. The van der Waals surface area contributed by atoms with Gasteiger partial charge in [-0.2, -0.15) is 0 Å². The SMILES string of the molecule is CC(C)[C@H](C)CC[C@@H](C)[C@@H]1CC[C@H]2[C@@H]3CC(=O)C4=CC(=O)CC[C@]4(C)[C@H]3CC[C@@]21C. The third-order valence-corrected chi connectivity index (χ3v) is 10.8. The highest BCUT2D eigenvalue weighted by Crippen LogP contribution is 2.67. The Morgan fingerprint density at radius 1 is 0.967 bits per heavy atom. The van der Waals surface area contributed by atoms with Gasteiger partial charge in [-0.05, 0) is 90.4 Å². The number of hydrogen-bond acceptors (Lipinski definition) is 2. The maximum Gasteiger partial charge on any atom is 0.159 e. The third kappa shape index (κ3) is 3.45. The maximum atomic E-state index is 13.2. The monoisotopic (exact) mass is 412 g/mol. The second-order valence-electron chi connectivity index (χ2n) is 12.5. The zero-order valence-corrected chi connectivity index (χ0v) is 20.3. The van der Waals surface area contributed by atoms with Gasteiger partial charge in [-0.15, -0.1) is 0 Å². The average molecular weight is 413 g/mol. The minimum Gasteiger partial charge on any atom is -0.295 e. The summed E-state index contributed by atoms with van der Waals surface area (Å²) in [6.45, 7) is 14.5. The van der Waals surface area contributed by atoms with E-state index in [0.717, 1.165) is 35.7 Å². The van der Waals surface area contributed by atoms with Gasteiger partial charge in [0, 0.05) is 18.4 Å². The van der Waals surface area contributed by atoms with Crippen molar-refractivity contribution >= 4 is 11.6 Å². The van der Waals surface area contributed by atoms with Gasteiger partial charge >= 0.3 is 0 Å². The molecule has 0 amide bonds. The Morgan fingerprint density at radius 2 is 1.70 bits per heavy atom. The van der Waals surface area contributed by atoms with E-state index < -0.39 is 0 Å². The Bertz CT molecular complexity index is 733. The summed E-state index contributed by atoms with van der Waals surface area (Å²) in [5.41, 5.74) is 1.24. The van der Waals surface area contributed by atoms with Crippen LogP contribution >= 0.6 is 0 Å². The summed E-state index contributed by atoms with van der Waals surface area (Å²) in [5, 5.41) is 0. The Hall–Kier alpha value is -0.920. The van der Waals surface area contributed by atoms with Crippen LogP contribution < -0.4 is 0 Å². The summed E-state index contributed by atoms with van der Waals surface area (Å²) >= 11 is 0. The van der Waals surface area contributed by atoms with Crippen molar-refractivity contribution in [3.8, 4) is 0 Å². The molecule has 168 valence electrons. The van der Waals surface area contributed by atoms with E-state index in [0.29, 0.717) is 41.8 Å². The molecule has 0 aromatic rings. The molecule has 0 heterocycles. The van der Waals surface area contributed by atoms with Crippen LogP contribution in [0.4, 0.5) is 0 Å². The molecule has 0 aromatic heterocycles. The van der Waals surface area contributed by atoms with E-state index in [-0.39, 0.29) is 11.2 Å². The fourth-order valence-corrected chi connectivity index (χ4v) is 8.42. The fraction of sp³-hybridized carbons (Fsp3) is 0.857. The molecule has 0 saturated heterocycles. The molecule has 0 aromatic carbocycles. The van der Waals surface area contributed by atoms with Crippen molar-refractivity contribution in [2.24, 2.45) is 52.3 Å². The van der Waals surface area contributed by atoms with Crippen molar-refractivity contribution in [3.63, 3.8) is 0 Å². The van der Waals surface area contributed by atoms with E-state index in [1.807, 2.05) is 0 Å². The van der Waals surface area contributed by atoms with E-state index in [1.54, 1.807) is 6.08 Å². The third-order valence-electron chi connectivity index (χ3n) is 10.8. The first-order valence-electron chi connectivity index (χ1n) is 12.9. The largest absolute Gasteiger partial charge is 0.295 e. The van der Waals surface area contributed by atoms with Crippen LogP contribution in [-0.4, -0.2) is 11.6 Å². The Labute approximate surface area is 184 Å². The van der Waals surface area contributed by atoms with Crippen LogP contribution in [0.3, 0.4) is 0 Å². The zero-order valence-electron chi connectivity index (χ0n) is 20.3. The van der Waals surface area contributed by atoms with Crippen molar-refractivity contribution in [2.75, 3.05) is 0 Å². The molecule has 4 rings (SSSR count). The summed E-state index contributed by atoms with van der Waals surface area (Å²) in [4.78, 5) is 25.2. The van der Waals surface area contributed by atoms with E-state index >= 15 is 0 Å². The Kier molecular flexibility index (Phi) is 5.86. The fourth-order valence-electron chi connectivity index (χ4n) is 8.42. The summed E-state index contributed by atoms with van der Waals surface area (Å²) in [5.74, 6) is 5.48. The molecule has 0 unspecified atom stereocenters. The maximum absolute atomic E-state index is 13.2. The lowest BCUT2D eigenvalue weighted by Gasteiger charge is -2.57. The van der Waals surface area contributed by atoms with Crippen LogP contribution in [0.15, 0.2) is 11.6 Å². The van der Waals surface area contributed by atoms with Crippen LogP contribution in [0.2, 0.25) is 0 Å². The molecule has 0 N–H and O–H groups in total. The van der Waals surface area contributed by atoms with E-state index in [1.165, 1.54) is 38.5 Å². The van der Waals surface area contributed by atoms with Crippen LogP contribution in [0.25, 0.3) is 0 Å². The van der Waals surface area contributed by atoms with Gasteiger partial charge in [0.2, 0.25) is 0 Å². The Balaban J connectivity index is 1.53. The normalized spacial score (nSPS) is 43.0. The van der Waals surface area contributed by atoms with Crippen LogP contribution in [0.5, 0.6) is 0 Å². The molecule has 0 spiro atoms. The van der Waals surface area contributed by atoms with Crippen molar-refractivity contribution in [3.05, 3.63) is 11.6 Å². The van der Waals surface area contributed by atoms with E-state index in [4.69, 9.17) is 0 Å². The number of rotatable bonds is 5. The van der Waals surface area contributed by atoms with Gasteiger partial charge in [0.1, 0.15) is 0 Å². The predicted octanol–water partition coefficient (Wildman–Crippen LogP) is 7.02. The van der Waals surface area contributed by atoms with Crippen LogP contribution in [0, 0.1) is 52.3 Å². The molecule has 3 fully saturated rings. The molecule has 30 heavy (non-hydrogen) atoms. The molecular weight excluding hydrogens is 368 g/mol. The number of ketones is 2. The standard InChI is InChI=1S/C28H44O2/c1-17(2)18(3)7-8-19(4)22-9-10-23-21-16-26(30)25-15-20(29)11-13-28(25,6)24(21)12-14-27(22,23)5/h15,17-19,21-24H,7-14,16H2,1-6H3/t18-,19-,21+,22+,23+,24+,27-,28-/m1/s1. The molecule has 4 aliphatic carbocycles. The molecule has 8 atom stereocenters. The lowest BCUT2D eigenvalue weighted by molar-refractivity contribution is -0.131. The molecule has 3 saturated carbocycles. The number of carbonyl (C=O) groups excluding carboxylic acids is 2. The molecule has 0 aliphatic heterocycles. The van der Waals surface area contributed by atoms with Gasteiger partial charge < -0.3 is 0 Å². The van der Waals surface area contributed by atoms with Gasteiger partial charge in [0.25, 0.3) is 0 Å². The summed E-state index contributed by atoms with van der Waals surface area (Å²) in [6, 6.07) is 0. The number of fused-ring (bicyclic) bond motifs is 5. The highest BCUT2D eigenvalue weighted by Gasteiger charge is 2.61. The predicted molar refractivity (Wildman–Crippen MR) is 123 cm³/mol. The van der Waals surface area contributed by atoms with Gasteiger partial charge in [0.15, 0.2) is 11.6 Å². The van der Waals surface area contributed by atoms with Gasteiger partial charge in [0.05, 0.1) is 0 Å². The Morgan fingerprint density at radius 3 is 2.40 bits per heavy atom. The van der Waals surface area contributed by atoms with Crippen molar-refractivity contribution in [1.82, 2.24) is 0 Å². The van der Waals surface area contributed by atoms with Crippen molar-refractivity contribution < 1.29 is 9.59 Å². The number of Topliss-reactive ketones (excluding diaryl/α,β-unsaturated/α-hetero) is 1. The van der Waals surface area contributed by atoms with Gasteiger partial charge in [-0.3, -0.25) is 9.59 Å². The molecular formula is C28H44O2. The molecule has 2 heteroatoms.